The van der Waals surface area contributed by atoms with Crippen molar-refractivity contribution >= 4 is 28.9 Å². The van der Waals surface area contributed by atoms with Gasteiger partial charge in [-0.25, -0.2) is 8.78 Å². The molecule has 1 saturated carbocycles. The summed E-state index contributed by atoms with van der Waals surface area (Å²) >= 11 is 0. The van der Waals surface area contributed by atoms with Crippen LogP contribution in [0.1, 0.15) is 32.1 Å². The normalized spacial score (nSPS) is 15.7. The second-order valence-corrected chi connectivity index (χ2v) is 9.29. The molecule has 1 radical (unpaired) electrons. The predicted octanol–water partition coefficient (Wildman–Crippen LogP) is 7.11. The molecule has 2 fully saturated rings. The van der Waals surface area contributed by atoms with Crippen molar-refractivity contribution in [3.8, 4) is 0 Å². The summed E-state index contributed by atoms with van der Waals surface area (Å²) in [6, 6.07) is 21.5. The molecule has 3 aromatic carbocycles. The van der Waals surface area contributed by atoms with Gasteiger partial charge in [-0.2, -0.15) is 0 Å². The predicted molar refractivity (Wildman–Crippen MR) is 139 cm³/mol. The molecule has 0 aromatic heterocycles. The first-order chi connectivity index (χ1) is 17.9. The van der Waals surface area contributed by atoms with Gasteiger partial charge in [-0.05, 0) is 36.4 Å². The van der Waals surface area contributed by atoms with Gasteiger partial charge >= 0.3 is 5.97 Å². The van der Waals surface area contributed by atoms with Crippen molar-refractivity contribution in [3.63, 3.8) is 0 Å². The fourth-order valence-corrected chi connectivity index (χ4v) is 4.23. The molecule has 0 unspecified atom stereocenters. The topological polar surface area (TPSA) is 85.8 Å². The van der Waals surface area contributed by atoms with Crippen LogP contribution in [0.5, 0.6) is 0 Å². The van der Waals surface area contributed by atoms with Crippen molar-refractivity contribution in [3.05, 3.63) is 101 Å². The van der Waals surface area contributed by atoms with Crippen molar-refractivity contribution < 1.29 is 56.2 Å². The number of rotatable bonds is 7. The number of halogens is 2. The molecule has 1 saturated heterocycles. The minimum Gasteiger partial charge on any atom is -0.682 e. The van der Waals surface area contributed by atoms with E-state index in [1.165, 1.54) is 42.0 Å². The fraction of sp³-hybridized carbons (Fsp3) is 0.310. The number of carboxylic acid groups (broad SMARTS) is 1. The smallest absolute Gasteiger partial charge is 0.310 e. The summed E-state index contributed by atoms with van der Waals surface area (Å²) in [5.74, 6) is -2.17. The SMILES string of the molecule is Fc1ccc([N-]C2CC2)cc1.O=C(CC1(C(=O)O)CC[N-]CC1)N(c1ccccc1)c1ccccc1F.[Y]. The monoisotopic (exact) mass is 594 g/mol. The minimum absolute atomic E-state index is 0. The van der Waals surface area contributed by atoms with E-state index in [2.05, 4.69) is 10.6 Å². The zero-order chi connectivity index (χ0) is 26.3. The third kappa shape index (κ3) is 7.92. The number of nitrogens with zero attached hydrogens (tertiary/aromatic N) is 3. The molecule has 6 nitrogen and oxygen atoms in total. The molecule has 9 heteroatoms. The zero-order valence-corrected chi connectivity index (χ0v) is 23.8. The van der Waals surface area contributed by atoms with Crippen molar-refractivity contribution in [2.75, 3.05) is 18.0 Å². The number of benzene rings is 3. The van der Waals surface area contributed by atoms with Gasteiger partial charge in [0.05, 0.1) is 11.1 Å². The maximum atomic E-state index is 14.4. The molecule has 1 aliphatic heterocycles. The van der Waals surface area contributed by atoms with Gasteiger partial charge in [0.15, 0.2) is 0 Å². The molecule has 1 N–H and O–H groups in total. The quantitative estimate of drug-likeness (QED) is 0.317. The first-order valence-electron chi connectivity index (χ1n) is 12.3. The molecular weight excluding hydrogens is 565 g/mol. The van der Waals surface area contributed by atoms with E-state index < -0.39 is 23.1 Å². The third-order valence-corrected chi connectivity index (χ3v) is 6.50. The molecule has 197 valence electrons. The van der Waals surface area contributed by atoms with Crippen LogP contribution in [-0.2, 0) is 42.3 Å². The Kier molecular flexibility index (Phi) is 10.9. The molecule has 2 aliphatic rings. The molecule has 0 bridgehead atoms. The molecule has 1 aliphatic carbocycles. The second-order valence-electron chi connectivity index (χ2n) is 9.29. The molecule has 3 aromatic rings. The Morgan fingerprint density at radius 1 is 0.921 bits per heavy atom. The van der Waals surface area contributed by atoms with E-state index in [-0.39, 0.29) is 50.6 Å². The molecule has 38 heavy (non-hydrogen) atoms. The molecule has 0 atom stereocenters. The van der Waals surface area contributed by atoms with Gasteiger partial charge in [0, 0.05) is 44.8 Å². The number of amides is 1. The largest absolute Gasteiger partial charge is 0.682 e. The Morgan fingerprint density at radius 3 is 2.11 bits per heavy atom. The first kappa shape index (κ1) is 29.9. The van der Waals surface area contributed by atoms with Crippen LogP contribution in [0.4, 0.5) is 25.8 Å². The summed E-state index contributed by atoms with van der Waals surface area (Å²) in [5.41, 5.74) is 0.360. The average Bonchev–Trinajstić information content (AvgIpc) is 3.72. The van der Waals surface area contributed by atoms with Crippen LogP contribution in [0.15, 0.2) is 78.9 Å². The van der Waals surface area contributed by atoms with E-state index in [4.69, 9.17) is 0 Å². The van der Waals surface area contributed by atoms with Gasteiger partial charge in [-0.15, -0.1) is 24.8 Å². The number of anilines is 2. The molecule has 1 heterocycles. The van der Waals surface area contributed by atoms with Crippen molar-refractivity contribution in [1.29, 1.82) is 0 Å². The summed E-state index contributed by atoms with van der Waals surface area (Å²) in [6.45, 7) is 0.842. The Balaban J connectivity index is 0.000000278. The number of hydrogen-bond acceptors (Lipinski definition) is 2. The molecule has 5 rings (SSSR count). The number of carbonyl (C=O) groups excluding carboxylic acids is 1. The van der Waals surface area contributed by atoms with Crippen LogP contribution >= 0.6 is 0 Å². The van der Waals surface area contributed by atoms with Crippen LogP contribution in [0.3, 0.4) is 0 Å². The van der Waals surface area contributed by atoms with Crippen LogP contribution in [0.25, 0.3) is 10.6 Å². The van der Waals surface area contributed by atoms with Crippen LogP contribution in [-0.4, -0.2) is 36.1 Å². The van der Waals surface area contributed by atoms with Gasteiger partial charge in [-0.3, -0.25) is 14.5 Å². The molecule has 1 amide bonds. The second kappa shape index (κ2) is 13.9. The number of piperidine rings is 1. The molecular formula is C29H29F2N3O3Y-2. The maximum absolute atomic E-state index is 14.4. The fourth-order valence-electron chi connectivity index (χ4n) is 4.23. The van der Waals surface area contributed by atoms with Crippen LogP contribution < -0.4 is 4.90 Å². The Morgan fingerprint density at radius 2 is 1.53 bits per heavy atom. The summed E-state index contributed by atoms with van der Waals surface area (Å²) in [7, 11) is 0. The zero-order valence-electron chi connectivity index (χ0n) is 21.0. The summed E-state index contributed by atoms with van der Waals surface area (Å²) in [4.78, 5) is 26.3. The Labute approximate surface area is 246 Å². The van der Waals surface area contributed by atoms with Gasteiger partial charge < -0.3 is 15.7 Å². The van der Waals surface area contributed by atoms with Gasteiger partial charge in [0.2, 0.25) is 5.91 Å². The van der Waals surface area contributed by atoms with E-state index in [0.717, 1.165) is 5.69 Å². The summed E-state index contributed by atoms with van der Waals surface area (Å²) in [5, 5.41) is 18.3. The van der Waals surface area contributed by atoms with Crippen molar-refractivity contribution in [1.82, 2.24) is 0 Å². The van der Waals surface area contributed by atoms with E-state index >= 15 is 0 Å². The average molecular weight is 594 g/mol. The maximum Gasteiger partial charge on any atom is 0.310 e. The Bertz CT molecular complexity index is 1200. The number of carbonyl (C=O) groups is 2. The van der Waals surface area contributed by atoms with Gasteiger partial charge in [0.1, 0.15) is 11.6 Å². The van der Waals surface area contributed by atoms with Crippen LogP contribution in [0.2, 0.25) is 0 Å². The third-order valence-electron chi connectivity index (χ3n) is 6.50. The van der Waals surface area contributed by atoms with E-state index in [0.29, 0.717) is 37.7 Å². The summed E-state index contributed by atoms with van der Waals surface area (Å²) in [6.07, 6.45) is 2.82. The van der Waals surface area contributed by atoms with E-state index in [1.807, 2.05) is 0 Å². The number of hydrogen-bond donors (Lipinski definition) is 1. The summed E-state index contributed by atoms with van der Waals surface area (Å²) < 4.78 is 26.8. The van der Waals surface area contributed by atoms with Crippen LogP contribution in [0, 0.1) is 17.0 Å². The van der Waals surface area contributed by atoms with Gasteiger partial charge in [0.25, 0.3) is 0 Å². The van der Waals surface area contributed by atoms with E-state index in [9.17, 15) is 23.5 Å². The van der Waals surface area contributed by atoms with Crippen molar-refractivity contribution in [2.45, 2.75) is 38.1 Å². The molecule has 0 spiro atoms. The first-order valence-corrected chi connectivity index (χ1v) is 12.3. The standard InChI is InChI=1S/C20H20FN2O3.C9H9FN.Y/c21-16-8-4-5-9-17(16)23(15-6-2-1-3-7-15)18(24)14-20(19(25)26)10-12-22-13-11-20;10-7-1-3-8(4-2-7)11-9-5-6-9;/h1-9H,10-14H2,(H,25,26);1-4,9H,5-6H2;/q2*-1;. The van der Waals surface area contributed by atoms with Gasteiger partial charge in [-0.1, -0.05) is 68.1 Å². The van der Waals surface area contributed by atoms with E-state index in [1.54, 1.807) is 54.6 Å². The Hall–Kier alpha value is -2.68. The number of aliphatic carboxylic acids is 1. The van der Waals surface area contributed by atoms with Crippen molar-refractivity contribution in [2.24, 2.45) is 5.41 Å². The number of para-hydroxylation sites is 2. The number of carboxylic acids is 1. The minimum atomic E-state index is -1.16.